The van der Waals surface area contributed by atoms with Crippen LogP contribution in [0.2, 0.25) is 5.02 Å². The van der Waals surface area contributed by atoms with Gasteiger partial charge in [-0.25, -0.2) is 0 Å². The first kappa shape index (κ1) is 11.2. The highest BCUT2D eigenvalue weighted by molar-refractivity contribution is 9.10. The Morgan fingerprint density at radius 1 is 1.47 bits per heavy atom. The molecule has 0 saturated heterocycles. The Labute approximate surface area is 103 Å². The molecule has 0 aliphatic heterocycles. The third-order valence-electron chi connectivity index (χ3n) is 2.69. The Morgan fingerprint density at radius 3 is 2.80 bits per heavy atom. The van der Waals surface area contributed by atoms with Crippen molar-refractivity contribution in [1.82, 2.24) is 5.32 Å². The maximum Gasteiger partial charge on any atom is 0.138 e. The molecule has 15 heavy (non-hydrogen) atoms. The minimum Gasteiger partial charge on any atom is -0.489 e. The van der Waals surface area contributed by atoms with Crippen molar-refractivity contribution in [3.63, 3.8) is 0 Å². The van der Waals surface area contributed by atoms with Gasteiger partial charge in [0.25, 0.3) is 0 Å². The topological polar surface area (TPSA) is 21.3 Å². The lowest BCUT2D eigenvalue weighted by Gasteiger charge is -2.35. The van der Waals surface area contributed by atoms with E-state index in [1.807, 2.05) is 25.2 Å². The van der Waals surface area contributed by atoms with Crippen LogP contribution in [0.3, 0.4) is 0 Å². The van der Waals surface area contributed by atoms with Crippen molar-refractivity contribution in [3.05, 3.63) is 27.7 Å². The van der Waals surface area contributed by atoms with E-state index in [9.17, 15) is 0 Å². The Balaban J connectivity index is 1.94. The molecule has 0 unspecified atom stereocenters. The molecule has 0 bridgehead atoms. The highest BCUT2D eigenvalue weighted by Gasteiger charge is 2.29. The molecule has 82 valence electrons. The zero-order valence-electron chi connectivity index (χ0n) is 8.47. The minimum absolute atomic E-state index is 0.307. The SMILES string of the molecule is CNC1CC(Oc2ccc(Br)cc2Cl)C1. The van der Waals surface area contributed by atoms with Gasteiger partial charge in [0.15, 0.2) is 0 Å². The molecular weight excluding hydrogens is 277 g/mol. The third-order valence-corrected chi connectivity index (χ3v) is 3.48. The van der Waals surface area contributed by atoms with Crippen LogP contribution in [-0.4, -0.2) is 19.2 Å². The van der Waals surface area contributed by atoms with E-state index >= 15 is 0 Å². The molecule has 2 rings (SSSR count). The van der Waals surface area contributed by atoms with Gasteiger partial charge in [0, 0.05) is 10.5 Å². The predicted octanol–water partition coefficient (Wildman–Crippen LogP) is 3.23. The summed E-state index contributed by atoms with van der Waals surface area (Å²) in [6.07, 6.45) is 2.42. The van der Waals surface area contributed by atoms with Crippen molar-refractivity contribution >= 4 is 27.5 Å². The third kappa shape index (κ3) is 2.65. The largest absolute Gasteiger partial charge is 0.489 e. The van der Waals surface area contributed by atoms with Crippen LogP contribution >= 0.6 is 27.5 Å². The quantitative estimate of drug-likeness (QED) is 0.923. The molecule has 0 atom stereocenters. The monoisotopic (exact) mass is 289 g/mol. The molecular formula is C11H13BrClNO. The van der Waals surface area contributed by atoms with Gasteiger partial charge in [-0.1, -0.05) is 27.5 Å². The molecule has 0 aromatic heterocycles. The fraction of sp³-hybridized carbons (Fsp3) is 0.455. The number of ether oxygens (including phenoxy) is 1. The van der Waals surface area contributed by atoms with E-state index in [0.29, 0.717) is 17.2 Å². The van der Waals surface area contributed by atoms with Crippen LogP contribution in [-0.2, 0) is 0 Å². The summed E-state index contributed by atoms with van der Waals surface area (Å²) in [7, 11) is 1.98. The van der Waals surface area contributed by atoms with Crippen molar-refractivity contribution in [2.45, 2.75) is 25.0 Å². The van der Waals surface area contributed by atoms with Gasteiger partial charge in [0.1, 0.15) is 11.9 Å². The van der Waals surface area contributed by atoms with Gasteiger partial charge in [0.05, 0.1) is 5.02 Å². The summed E-state index contributed by atoms with van der Waals surface area (Å²) >= 11 is 9.42. The Bertz CT molecular complexity index is 352. The second-order valence-electron chi connectivity index (χ2n) is 3.77. The number of rotatable bonds is 3. The van der Waals surface area contributed by atoms with Crippen molar-refractivity contribution < 1.29 is 4.74 Å². The minimum atomic E-state index is 0.307. The number of benzene rings is 1. The summed E-state index contributed by atoms with van der Waals surface area (Å²) in [4.78, 5) is 0. The molecule has 1 aliphatic rings. The van der Waals surface area contributed by atoms with E-state index < -0.39 is 0 Å². The Hall–Kier alpha value is -0.250. The second-order valence-corrected chi connectivity index (χ2v) is 5.09. The summed E-state index contributed by atoms with van der Waals surface area (Å²) in [5.41, 5.74) is 0. The molecule has 1 aromatic rings. The van der Waals surface area contributed by atoms with Crippen LogP contribution in [0.15, 0.2) is 22.7 Å². The lowest BCUT2D eigenvalue weighted by atomic mass is 9.89. The zero-order valence-corrected chi connectivity index (χ0v) is 10.8. The average molecular weight is 291 g/mol. The molecule has 1 fully saturated rings. The first-order chi connectivity index (χ1) is 7.19. The normalized spacial score (nSPS) is 24.7. The fourth-order valence-corrected chi connectivity index (χ4v) is 2.37. The molecule has 1 aromatic carbocycles. The van der Waals surface area contributed by atoms with Crippen LogP contribution in [0.4, 0.5) is 0 Å². The van der Waals surface area contributed by atoms with Crippen LogP contribution in [0.1, 0.15) is 12.8 Å². The first-order valence-corrected chi connectivity index (χ1v) is 6.15. The maximum atomic E-state index is 6.05. The molecule has 1 N–H and O–H groups in total. The van der Waals surface area contributed by atoms with Crippen molar-refractivity contribution in [2.75, 3.05) is 7.05 Å². The van der Waals surface area contributed by atoms with Crippen LogP contribution in [0, 0.1) is 0 Å². The van der Waals surface area contributed by atoms with Gasteiger partial charge in [0.2, 0.25) is 0 Å². The van der Waals surface area contributed by atoms with Gasteiger partial charge in [-0.05, 0) is 38.1 Å². The summed E-state index contributed by atoms with van der Waals surface area (Å²) in [5, 5.41) is 3.88. The van der Waals surface area contributed by atoms with Crippen LogP contribution in [0.5, 0.6) is 5.75 Å². The summed E-state index contributed by atoms with van der Waals surface area (Å²) in [5.74, 6) is 0.777. The predicted molar refractivity (Wildman–Crippen MR) is 65.6 cm³/mol. The number of nitrogens with one attached hydrogen (secondary N) is 1. The standard InChI is InChI=1S/C11H13BrClNO/c1-14-8-5-9(6-8)15-11-3-2-7(12)4-10(11)13/h2-4,8-9,14H,5-6H2,1H3. The summed E-state index contributed by atoms with van der Waals surface area (Å²) in [6, 6.07) is 6.30. The van der Waals surface area contributed by atoms with Crippen molar-refractivity contribution in [3.8, 4) is 5.75 Å². The lowest BCUT2D eigenvalue weighted by molar-refractivity contribution is 0.0886. The number of hydrogen-bond donors (Lipinski definition) is 1. The fourth-order valence-electron chi connectivity index (χ4n) is 1.65. The van der Waals surface area contributed by atoms with Crippen LogP contribution < -0.4 is 10.1 Å². The van der Waals surface area contributed by atoms with E-state index in [1.54, 1.807) is 0 Å². The van der Waals surface area contributed by atoms with Gasteiger partial charge in [-0.3, -0.25) is 0 Å². The molecule has 1 aliphatic carbocycles. The zero-order chi connectivity index (χ0) is 10.8. The average Bonchev–Trinajstić information content (AvgIpc) is 2.13. The van der Waals surface area contributed by atoms with Gasteiger partial charge in [-0.2, -0.15) is 0 Å². The number of hydrogen-bond acceptors (Lipinski definition) is 2. The molecule has 4 heteroatoms. The van der Waals surface area contributed by atoms with Gasteiger partial charge >= 0.3 is 0 Å². The van der Waals surface area contributed by atoms with E-state index in [-0.39, 0.29) is 0 Å². The number of halogens is 2. The Kier molecular flexibility index (Phi) is 3.54. The smallest absolute Gasteiger partial charge is 0.138 e. The second kappa shape index (κ2) is 4.73. The molecule has 0 heterocycles. The molecule has 1 saturated carbocycles. The lowest BCUT2D eigenvalue weighted by Crippen LogP contribution is -2.45. The van der Waals surface area contributed by atoms with Crippen molar-refractivity contribution in [1.29, 1.82) is 0 Å². The summed E-state index contributed by atoms with van der Waals surface area (Å²) < 4.78 is 6.75. The van der Waals surface area contributed by atoms with E-state index in [0.717, 1.165) is 23.1 Å². The van der Waals surface area contributed by atoms with Crippen LogP contribution in [0.25, 0.3) is 0 Å². The molecule has 0 amide bonds. The van der Waals surface area contributed by atoms with E-state index in [1.165, 1.54) is 0 Å². The first-order valence-electron chi connectivity index (χ1n) is 4.98. The van der Waals surface area contributed by atoms with Crippen molar-refractivity contribution in [2.24, 2.45) is 0 Å². The molecule has 2 nitrogen and oxygen atoms in total. The Morgan fingerprint density at radius 2 is 2.20 bits per heavy atom. The maximum absolute atomic E-state index is 6.05. The van der Waals surface area contributed by atoms with E-state index in [4.69, 9.17) is 16.3 Å². The highest BCUT2D eigenvalue weighted by atomic mass is 79.9. The molecule has 0 radical (unpaired) electrons. The molecule has 0 spiro atoms. The van der Waals surface area contributed by atoms with Gasteiger partial charge in [-0.15, -0.1) is 0 Å². The summed E-state index contributed by atoms with van der Waals surface area (Å²) in [6.45, 7) is 0. The van der Waals surface area contributed by atoms with E-state index in [2.05, 4.69) is 21.2 Å². The van der Waals surface area contributed by atoms with Gasteiger partial charge < -0.3 is 10.1 Å². The highest BCUT2D eigenvalue weighted by Crippen LogP contribution is 2.32.